The summed E-state index contributed by atoms with van der Waals surface area (Å²) in [7, 11) is 0. The zero-order valence-corrected chi connectivity index (χ0v) is 20.9. The fourth-order valence-corrected chi connectivity index (χ4v) is 5.00. The lowest BCUT2D eigenvalue weighted by Crippen LogP contribution is -2.32. The number of nitrogens with zero attached hydrogens (tertiary/aromatic N) is 3. The van der Waals surface area contributed by atoms with Gasteiger partial charge in [0.25, 0.3) is 11.8 Å². The van der Waals surface area contributed by atoms with Crippen LogP contribution in [0.2, 0.25) is 5.02 Å². The van der Waals surface area contributed by atoms with Gasteiger partial charge in [0.05, 0.1) is 28.2 Å². The number of fused-ring (bicyclic) bond motifs is 3. The molecule has 2 N–H and O–H groups in total. The molecule has 3 heterocycles. The van der Waals surface area contributed by atoms with Gasteiger partial charge in [-0.1, -0.05) is 60.1 Å². The van der Waals surface area contributed by atoms with Crippen molar-refractivity contribution in [1.29, 1.82) is 0 Å². The highest BCUT2D eigenvalue weighted by Gasteiger charge is 2.28. The highest BCUT2D eigenvalue weighted by Crippen LogP contribution is 2.35. The van der Waals surface area contributed by atoms with E-state index in [0.717, 1.165) is 22.4 Å². The highest BCUT2D eigenvalue weighted by molar-refractivity contribution is 6.35. The SMILES string of the molecule is O=C(Nc1ccc(C(=O)N2CCc3cn[nH]c3-c3ncccc32)c(Cl)c1)c1ccccc1-c1ccccc1. The van der Waals surface area contributed by atoms with Crippen molar-refractivity contribution in [2.24, 2.45) is 0 Å². The monoisotopic (exact) mass is 519 g/mol. The molecule has 0 unspecified atom stereocenters. The average molecular weight is 520 g/mol. The number of pyridine rings is 1. The second-order valence-electron chi connectivity index (χ2n) is 8.91. The van der Waals surface area contributed by atoms with E-state index in [1.54, 1.807) is 47.6 Å². The van der Waals surface area contributed by atoms with Crippen molar-refractivity contribution in [2.45, 2.75) is 6.42 Å². The smallest absolute Gasteiger partial charge is 0.259 e. The van der Waals surface area contributed by atoms with Gasteiger partial charge in [-0.15, -0.1) is 0 Å². The van der Waals surface area contributed by atoms with E-state index in [1.807, 2.05) is 54.6 Å². The van der Waals surface area contributed by atoms with Gasteiger partial charge in [-0.25, -0.2) is 0 Å². The van der Waals surface area contributed by atoms with E-state index >= 15 is 0 Å². The van der Waals surface area contributed by atoms with Gasteiger partial charge in [0.15, 0.2) is 0 Å². The van der Waals surface area contributed by atoms with Crippen LogP contribution in [0, 0.1) is 0 Å². The molecule has 6 rings (SSSR count). The summed E-state index contributed by atoms with van der Waals surface area (Å²) in [6.45, 7) is 0.454. The predicted molar refractivity (Wildman–Crippen MR) is 148 cm³/mol. The molecule has 1 aliphatic rings. The molecule has 2 aromatic heterocycles. The van der Waals surface area contributed by atoms with Gasteiger partial charge in [-0.3, -0.25) is 19.7 Å². The Hall–Kier alpha value is -4.75. The van der Waals surface area contributed by atoms with Gasteiger partial charge in [0, 0.05) is 29.6 Å². The van der Waals surface area contributed by atoms with Gasteiger partial charge >= 0.3 is 0 Å². The standard InChI is InChI=1S/C30H22ClN5O2/c31-25-17-21(34-29(37)23-10-5-4-9-22(23)19-7-2-1-3-8-19)12-13-24(25)30(38)36-16-14-20-18-33-35-27(20)28-26(36)11-6-15-32-28/h1-13,15,17-18H,14,16H2,(H,33,35)(H,34,37). The fourth-order valence-electron chi connectivity index (χ4n) is 4.74. The van der Waals surface area contributed by atoms with E-state index in [0.29, 0.717) is 41.2 Å². The lowest BCUT2D eigenvalue weighted by atomic mass is 9.99. The van der Waals surface area contributed by atoms with Crippen LogP contribution in [-0.2, 0) is 6.42 Å². The number of carbonyl (C=O) groups is 2. The van der Waals surface area contributed by atoms with Crippen LogP contribution in [0.5, 0.6) is 0 Å². The first-order chi connectivity index (χ1) is 18.6. The minimum atomic E-state index is -0.262. The maximum Gasteiger partial charge on any atom is 0.259 e. The molecule has 38 heavy (non-hydrogen) atoms. The van der Waals surface area contributed by atoms with E-state index in [9.17, 15) is 9.59 Å². The molecule has 186 valence electrons. The Morgan fingerprint density at radius 1 is 0.921 bits per heavy atom. The molecule has 0 atom stereocenters. The van der Waals surface area contributed by atoms with Crippen molar-refractivity contribution in [3.63, 3.8) is 0 Å². The second-order valence-corrected chi connectivity index (χ2v) is 9.32. The summed E-state index contributed by atoms with van der Waals surface area (Å²) in [5, 5.41) is 10.3. The van der Waals surface area contributed by atoms with Crippen LogP contribution in [0.4, 0.5) is 11.4 Å². The molecule has 3 aromatic carbocycles. The number of rotatable bonds is 4. The maximum atomic E-state index is 13.7. The van der Waals surface area contributed by atoms with Gasteiger partial charge < -0.3 is 10.2 Å². The number of anilines is 2. The van der Waals surface area contributed by atoms with E-state index in [-0.39, 0.29) is 16.8 Å². The normalized spacial score (nSPS) is 12.3. The molecular weight excluding hydrogens is 498 g/mol. The van der Waals surface area contributed by atoms with Crippen LogP contribution in [-0.4, -0.2) is 33.5 Å². The second kappa shape index (κ2) is 9.95. The van der Waals surface area contributed by atoms with Crippen molar-refractivity contribution < 1.29 is 9.59 Å². The minimum Gasteiger partial charge on any atom is -0.322 e. The molecule has 0 fully saturated rings. The molecule has 7 nitrogen and oxygen atoms in total. The van der Waals surface area contributed by atoms with Gasteiger partial charge in [-0.2, -0.15) is 5.10 Å². The Kier molecular flexibility index (Phi) is 6.19. The summed E-state index contributed by atoms with van der Waals surface area (Å²) in [6, 6.07) is 25.8. The summed E-state index contributed by atoms with van der Waals surface area (Å²) in [4.78, 5) is 33.1. The minimum absolute atomic E-state index is 0.241. The van der Waals surface area contributed by atoms with Crippen molar-refractivity contribution in [2.75, 3.05) is 16.8 Å². The predicted octanol–water partition coefficient (Wildman–Crippen LogP) is 6.25. The molecule has 0 radical (unpaired) electrons. The molecule has 0 aliphatic carbocycles. The lowest BCUT2D eigenvalue weighted by molar-refractivity contribution is 0.0986. The first kappa shape index (κ1) is 23.6. The Bertz CT molecular complexity index is 1660. The topological polar surface area (TPSA) is 91.0 Å². The van der Waals surface area contributed by atoms with E-state index < -0.39 is 0 Å². The maximum absolute atomic E-state index is 13.7. The lowest BCUT2D eigenvalue weighted by Gasteiger charge is -2.23. The Labute approximate surface area is 224 Å². The van der Waals surface area contributed by atoms with Crippen molar-refractivity contribution in [3.05, 3.63) is 119 Å². The Balaban J connectivity index is 1.26. The first-order valence-electron chi connectivity index (χ1n) is 12.1. The number of aromatic nitrogens is 3. The summed E-state index contributed by atoms with van der Waals surface area (Å²) in [5.74, 6) is -0.503. The molecular formula is C30H22ClN5O2. The molecule has 2 amide bonds. The molecule has 0 bridgehead atoms. The molecule has 8 heteroatoms. The first-order valence-corrected chi connectivity index (χ1v) is 12.5. The summed E-state index contributed by atoms with van der Waals surface area (Å²) >= 11 is 6.61. The molecule has 0 saturated heterocycles. The fraction of sp³-hybridized carbons (Fsp3) is 0.0667. The van der Waals surface area contributed by atoms with Crippen LogP contribution < -0.4 is 10.2 Å². The molecule has 0 saturated carbocycles. The van der Waals surface area contributed by atoms with E-state index in [1.165, 1.54) is 0 Å². The quantitative estimate of drug-likeness (QED) is 0.294. The number of carbonyl (C=O) groups excluding carboxylic acids is 2. The largest absolute Gasteiger partial charge is 0.322 e. The molecule has 0 spiro atoms. The zero-order chi connectivity index (χ0) is 26.1. The third-order valence-electron chi connectivity index (χ3n) is 6.60. The average Bonchev–Trinajstić information content (AvgIpc) is 3.36. The summed E-state index contributed by atoms with van der Waals surface area (Å²) in [5.41, 5.74) is 6.33. The third kappa shape index (κ3) is 4.33. The van der Waals surface area contributed by atoms with Crippen molar-refractivity contribution in [3.8, 4) is 22.5 Å². The number of amides is 2. The van der Waals surface area contributed by atoms with Gasteiger partial charge in [0.1, 0.15) is 5.69 Å². The summed E-state index contributed by atoms with van der Waals surface area (Å²) < 4.78 is 0. The van der Waals surface area contributed by atoms with Gasteiger partial charge in [0.2, 0.25) is 0 Å². The number of hydrogen-bond donors (Lipinski definition) is 2. The number of aromatic amines is 1. The number of H-pyrrole nitrogens is 1. The molecule has 1 aliphatic heterocycles. The highest BCUT2D eigenvalue weighted by atomic mass is 35.5. The van der Waals surface area contributed by atoms with Gasteiger partial charge in [-0.05, 0) is 53.9 Å². The number of nitrogens with one attached hydrogen (secondary N) is 2. The summed E-state index contributed by atoms with van der Waals surface area (Å²) in [6.07, 6.45) is 4.08. The van der Waals surface area contributed by atoms with Crippen molar-refractivity contribution in [1.82, 2.24) is 15.2 Å². The van der Waals surface area contributed by atoms with Crippen LogP contribution in [0.3, 0.4) is 0 Å². The number of hydrogen-bond acceptors (Lipinski definition) is 4. The van der Waals surface area contributed by atoms with Crippen LogP contribution >= 0.6 is 11.6 Å². The Morgan fingerprint density at radius 3 is 2.58 bits per heavy atom. The molecule has 5 aromatic rings. The van der Waals surface area contributed by atoms with E-state index in [2.05, 4.69) is 20.5 Å². The Morgan fingerprint density at radius 2 is 1.74 bits per heavy atom. The number of halogens is 1. The number of benzene rings is 3. The van der Waals surface area contributed by atoms with Crippen molar-refractivity contribution >= 4 is 34.8 Å². The van der Waals surface area contributed by atoms with Crippen LogP contribution in [0.1, 0.15) is 26.3 Å². The van der Waals surface area contributed by atoms with Crippen LogP contribution in [0.15, 0.2) is 97.3 Å². The van der Waals surface area contributed by atoms with E-state index in [4.69, 9.17) is 11.6 Å². The third-order valence-corrected chi connectivity index (χ3v) is 6.91. The van der Waals surface area contributed by atoms with Crippen LogP contribution in [0.25, 0.3) is 22.5 Å². The zero-order valence-electron chi connectivity index (χ0n) is 20.2.